The normalized spacial score (nSPS) is 33.5. The van der Waals surface area contributed by atoms with Crippen LogP contribution in [0.4, 0.5) is 0 Å². The fraction of sp³-hybridized carbons (Fsp3) is 0.529. The van der Waals surface area contributed by atoms with Gasteiger partial charge in [-0.15, -0.1) is 0 Å². The number of fused-ring (bicyclic) bond motifs is 3. The molecular weight excluding hydrogens is 664 g/mol. The molecule has 1 aliphatic carbocycles. The predicted molar refractivity (Wildman–Crippen MR) is 164 cm³/mol. The maximum atomic E-state index is 12.7. The van der Waals surface area contributed by atoms with E-state index in [1.165, 1.54) is 32.3 Å². The number of carbonyl (C=O) groups is 6. The van der Waals surface area contributed by atoms with E-state index in [4.69, 9.17) is 47.4 Å². The van der Waals surface area contributed by atoms with Gasteiger partial charge in [0.25, 0.3) is 0 Å². The van der Waals surface area contributed by atoms with Crippen molar-refractivity contribution in [2.24, 2.45) is 11.8 Å². The lowest BCUT2D eigenvalue weighted by Gasteiger charge is -2.46. The van der Waals surface area contributed by atoms with Gasteiger partial charge in [0.1, 0.15) is 37.1 Å². The molecule has 0 spiro atoms. The smallest absolute Gasteiger partial charge is 0.330 e. The molecule has 1 aromatic rings. The lowest BCUT2D eigenvalue weighted by atomic mass is 9.85. The average molecular weight is 703 g/mol. The van der Waals surface area contributed by atoms with Crippen molar-refractivity contribution in [2.75, 3.05) is 13.2 Å². The van der Waals surface area contributed by atoms with E-state index in [9.17, 15) is 28.8 Å². The van der Waals surface area contributed by atoms with Crippen molar-refractivity contribution in [3.8, 4) is 0 Å². The Hall–Kier alpha value is -4.80. The third-order valence-corrected chi connectivity index (χ3v) is 8.40. The molecule has 11 atom stereocenters. The summed E-state index contributed by atoms with van der Waals surface area (Å²) in [7, 11) is 0. The fourth-order valence-corrected chi connectivity index (χ4v) is 6.53. The van der Waals surface area contributed by atoms with Crippen LogP contribution >= 0.6 is 0 Å². The van der Waals surface area contributed by atoms with Gasteiger partial charge < -0.3 is 47.4 Å². The van der Waals surface area contributed by atoms with Crippen LogP contribution in [-0.2, 0) is 76.1 Å². The van der Waals surface area contributed by atoms with Crippen LogP contribution in [0.15, 0.2) is 48.7 Å². The van der Waals surface area contributed by atoms with Gasteiger partial charge in [0, 0.05) is 46.6 Å². The van der Waals surface area contributed by atoms with Gasteiger partial charge in [-0.05, 0) is 17.7 Å². The molecule has 0 unspecified atom stereocenters. The van der Waals surface area contributed by atoms with E-state index in [2.05, 4.69) is 0 Å². The van der Waals surface area contributed by atoms with Crippen molar-refractivity contribution in [3.05, 3.63) is 54.3 Å². The van der Waals surface area contributed by atoms with Crippen molar-refractivity contribution in [3.63, 3.8) is 0 Å². The highest BCUT2D eigenvalue weighted by Crippen LogP contribution is 2.61. The molecule has 3 aliphatic heterocycles. The number of hydrogen-bond donors (Lipinski definition) is 0. The Morgan fingerprint density at radius 1 is 0.740 bits per heavy atom. The van der Waals surface area contributed by atoms with Crippen LogP contribution in [0.3, 0.4) is 0 Å². The zero-order chi connectivity index (χ0) is 36.2. The van der Waals surface area contributed by atoms with Gasteiger partial charge in [-0.25, -0.2) is 4.79 Å². The lowest BCUT2D eigenvalue weighted by molar-refractivity contribution is -0.346. The second-order valence-electron chi connectivity index (χ2n) is 12.1. The Labute approximate surface area is 286 Å². The summed E-state index contributed by atoms with van der Waals surface area (Å²) in [5, 5.41) is 0. The van der Waals surface area contributed by atoms with Crippen LogP contribution in [0.25, 0.3) is 6.08 Å². The van der Waals surface area contributed by atoms with Crippen LogP contribution in [0.2, 0.25) is 0 Å². The molecule has 1 aromatic carbocycles. The lowest BCUT2D eigenvalue weighted by Crippen LogP contribution is -2.64. The Bertz CT molecular complexity index is 1520. The molecule has 4 aliphatic rings. The number of carbonyl (C=O) groups excluding carboxylic acids is 6. The van der Waals surface area contributed by atoms with E-state index in [1.54, 1.807) is 30.3 Å². The molecule has 0 radical (unpaired) electrons. The number of epoxide rings is 1. The van der Waals surface area contributed by atoms with Crippen LogP contribution < -0.4 is 0 Å². The van der Waals surface area contributed by atoms with E-state index < -0.39 is 109 Å². The summed E-state index contributed by atoms with van der Waals surface area (Å²) in [6.45, 7) is 5.04. The maximum Gasteiger partial charge on any atom is 0.330 e. The second-order valence-corrected chi connectivity index (χ2v) is 12.1. The van der Waals surface area contributed by atoms with Crippen LogP contribution in [-0.4, -0.2) is 104 Å². The maximum absolute atomic E-state index is 12.7. The molecule has 0 N–H and O–H groups in total. The zero-order valence-electron chi connectivity index (χ0n) is 27.9. The summed E-state index contributed by atoms with van der Waals surface area (Å²) >= 11 is 0. The van der Waals surface area contributed by atoms with E-state index in [-0.39, 0.29) is 6.61 Å². The summed E-state index contributed by atoms with van der Waals surface area (Å²) in [6.07, 6.45) is -4.39. The molecule has 2 saturated heterocycles. The SMILES string of the molecule is CC(=O)OC[C@]12O[C@@H]1[C@@H](OC(C)=O)[C@@H]1C=CO[C@@H](O[C@@H]3O[C@H](COC(=O)C=Cc4ccccc4)[C@@H](OC(C)=O)[C@@H](OC(C)=O)[C@H]3OC(C)=O)[C@@H]12. The first-order valence-corrected chi connectivity index (χ1v) is 15.8. The van der Waals surface area contributed by atoms with E-state index in [0.717, 1.165) is 26.3 Å². The number of benzene rings is 1. The van der Waals surface area contributed by atoms with Crippen molar-refractivity contribution in [1.82, 2.24) is 0 Å². The molecule has 3 heterocycles. The van der Waals surface area contributed by atoms with E-state index >= 15 is 0 Å². The molecule has 1 saturated carbocycles. The number of rotatable bonds is 12. The molecule has 270 valence electrons. The first kappa shape index (κ1) is 36.5. The molecule has 16 heteroatoms. The van der Waals surface area contributed by atoms with Gasteiger partial charge in [-0.3, -0.25) is 24.0 Å². The van der Waals surface area contributed by atoms with Crippen molar-refractivity contribution < 1.29 is 76.1 Å². The number of ether oxygens (including phenoxy) is 10. The minimum Gasteiger partial charge on any atom is -0.472 e. The van der Waals surface area contributed by atoms with Gasteiger partial charge in [-0.1, -0.05) is 30.3 Å². The van der Waals surface area contributed by atoms with Gasteiger partial charge in [0.05, 0.1) is 12.2 Å². The molecule has 16 nitrogen and oxygen atoms in total. The van der Waals surface area contributed by atoms with Crippen LogP contribution in [0.1, 0.15) is 40.2 Å². The van der Waals surface area contributed by atoms with E-state index in [1.807, 2.05) is 6.07 Å². The predicted octanol–water partition coefficient (Wildman–Crippen LogP) is 1.53. The van der Waals surface area contributed by atoms with Gasteiger partial charge in [0.15, 0.2) is 18.3 Å². The summed E-state index contributed by atoms with van der Waals surface area (Å²) in [4.78, 5) is 73.4. The van der Waals surface area contributed by atoms with Gasteiger partial charge in [0.2, 0.25) is 12.6 Å². The molecule has 5 rings (SSSR count). The summed E-state index contributed by atoms with van der Waals surface area (Å²) in [6, 6.07) is 8.97. The highest BCUT2D eigenvalue weighted by Gasteiger charge is 2.78. The van der Waals surface area contributed by atoms with Crippen molar-refractivity contribution in [2.45, 2.75) is 89.4 Å². The topological polar surface area (TPSA) is 198 Å². The average Bonchev–Trinajstić information content (AvgIpc) is 3.72. The molecular formula is C34H38O16. The first-order valence-electron chi connectivity index (χ1n) is 15.8. The Kier molecular flexibility index (Phi) is 11.2. The minimum absolute atomic E-state index is 0.221. The van der Waals surface area contributed by atoms with Crippen molar-refractivity contribution in [1.29, 1.82) is 0 Å². The molecule has 0 aromatic heterocycles. The highest BCUT2D eigenvalue weighted by atomic mass is 16.8. The van der Waals surface area contributed by atoms with Gasteiger partial charge in [-0.2, -0.15) is 0 Å². The third kappa shape index (κ3) is 8.31. The fourth-order valence-electron chi connectivity index (χ4n) is 6.53. The second kappa shape index (κ2) is 15.4. The third-order valence-electron chi connectivity index (χ3n) is 8.40. The number of esters is 6. The van der Waals surface area contributed by atoms with E-state index in [0.29, 0.717) is 0 Å². The standard InChI is InChI=1S/C34H38O16/c1-17(35)43-16-34-26-23(27(31(34)50-34)44-18(2)36)13-14-41-32(26)49-33-30(47-21(5)39)29(46-20(4)38)28(45-19(3)37)24(48-33)15-42-25(40)12-11-22-9-7-6-8-10-22/h6-14,23-24,26-33H,15-16H2,1-5H3/t23-,24-,26-,27+,28-,29-,30-,31-,32+,33+,34-/m1/s1. The Balaban J connectivity index is 1.44. The van der Waals surface area contributed by atoms with Gasteiger partial charge >= 0.3 is 35.8 Å². The van der Waals surface area contributed by atoms with Crippen LogP contribution in [0.5, 0.6) is 0 Å². The van der Waals surface area contributed by atoms with Crippen molar-refractivity contribution >= 4 is 41.9 Å². The monoisotopic (exact) mass is 702 g/mol. The summed E-state index contributed by atoms with van der Waals surface area (Å²) in [5.74, 6) is -5.64. The number of hydrogen-bond acceptors (Lipinski definition) is 16. The molecule has 0 amide bonds. The summed E-state index contributed by atoms with van der Waals surface area (Å²) in [5.41, 5.74) is -0.452. The Morgan fingerprint density at radius 3 is 2.00 bits per heavy atom. The highest BCUT2D eigenvalue weighted by molar-refractivity contribution is 5.87. The molecule has 0 bridgehead atoms. The Morgan fingerprint density at radius 2 is 1.36 bits per heavy atom. The minimum atomic E-state index is -1.59. The first-order chi connectivity index (χ1) is 23.8. The summed E-state index contributed by atoms with van der Waals surface area (Å²) < 4.78 is 57.3. The van der Waals surface area contributed by atoms with Crippen LogP contribution in [0, 0.1) is 11.8 Å². The molecule has 3 fully saturated rings. The quantitative estimate of drug-likeness (QED) is 0.131. The largest absolute Gasteiger partial charge is 0.472 e. The zero-order valence-corrected chi connectivity index (χ0v) is 27.9. The molecule has 50 heavy (non-hydrogen) atoms.